The molecule has 4 rings (SSSR count). The molecule has 3 aromatic rings. The van der Waals surface area contributed by atoms with Crippen LogP contribution in [0.25, 0.3) is 0 Å². The third kappa shape index (κ3) is 10.5. The Morgan fingerprint density at radius 3 is 2.11 bits per heavy atom. The molecule has 46 heavy (non-hydrogen) atoms. The molecular weight excluding hydrogens is 633 g/mol. The second-order valence-electron chi connectivity index (χ2n) is 10.8. The summed E-state index contributed by atoms with van der Waals surface area (Å²) in [5.74, 6) is -1.63. The van der Waals surface area contributed by atoms with Crippen LogP contribution < -0.4 is 14.8 Å². The van der Waals surface area contributed by atoms with Crippen molar-refractivity contribution in [1.29, 1.82) is 0 Å². The summed E-state index contributed by atoms with van der Waals surface area (Å²) in [6, 6.07) is 23.6. The van der Waals surface area contributed by atoms with E-state index in [9.17, 15) is 26.4 Å². The van der Waals surface area contributed by atoms with E-state index in [2.05, 4.69) is 10.0 Å². The third-order valence-electron chi connectivity index (χ3n) is 7.39. The molecule has 0 radical (unpaired) electrons. The van der Waals surface area contributed by atoms with Gasteiger partial charge in [0.05, 0.1) is 26.1 Å². The van der Waals surface area contributed by atoms with E-state index in [1.54, 1.807) is 42.5 Å². The van der Waals surface area contributed by atoms with E-state index in [-0.39, 0.29) is 12.2 Å². The summed E-state index contributed by atoms with van der Waals surface area (Å²) in [5, 5.41) is 0.872. The summed E-state index contributed by atoms with van der Waals surface area (Å²) in [4.78, 5) is 29.6. The number of benzene rings is 3. The Morgan fingerprint density at radius 2 is 1.50 bits per heavy atom. The summed E-state index contributed by atoms with van der Waals surface area (Å²) in [5.41, 5.74) is 1.70. The predicted octanol–water partition coefficient (Wildman–Crippen LogP) is 2.88. The maximum absolute atomic E-state index is 14.2. The Labute approximate surface area is 270 Å². The van der Waals surface area contributed by atoms with E-state index < -0.39 is 55.2 Å². The van der Waals surface area contributed by atoms with Crippen molar-refractivity contribution in [2.24, 2.45) is 0 Å². The number of methoxy groups -OCH3 is 1. The number of hydrogen-bond acceptors (Lipinski definition) is 8. The van der Waals surface area contributed by atoms with Gasteiger partial charge in [-0.05, 0) is 48.2 Å². The van der Waals surface area contributed by atoms with Crippen LogP contribution in [0.15, 0.2) is 84.9 Å². The number of carbonyl (C=O) groups excluding carboxylic acids is 2. The zero-order valence-corrected chi connectivity index (χ0v) is 27.3. The van der Waals surface area contributed by atoms with Gasteiger partial charge in [0.25, 0.3) is 10.0 Å². The van der Waals surface area contributed by atoms with Gasteiger partial charge in [0.2, 0.25) is 5.91 Å². The number of hydrogen-bond donors (Lipinski definition) is 2. The second-order valence-corrected chi connectivity index (χ2v) is 14.7. The van der Waals surface area contributed by atoms with Gasteiger partial charge in [0.1, 0.15) is 11.6 Å². The minimum Gasteiger partial charge on any atom is -0.497 e. The lowest BCUT2D eigenvalue weighted by molar-refractivity contribution is -0.129. The molecule has 12 nitrogen and oxygen atoms in total. The van der Waals surface area contributed by atoms with Crippen LogP contribution in [0.1, 0.15) is 17.5 Å². The molecular formula is C32H40N4O8S2. The first-order valence-corrected chi connectivity index (χ1v) is 18.3. The van der Waals surface area contributed by atoms with Crippen molar-refractivity contribution in [2.75, 3.05) is 57.1 Å². The average Bonchev–Trinajstić information content (AvgIpc) is 3.05. The number of morpholine rings is 1. The minimum absolute atomic E-state index is 0.0357. The van der Waals surface area contributed by atoms with Crippen LogP contribution in [-0.2, 0) is 41.6 Å². The van der Waals surface area contributed by atoms with Crippen molar-refractivity contribution in [2.45, 2.75) is 23.8 Å². The van der Waals surface area contributed by atoms with Crippen LogP contribution in [0.3, 0.4) is 0 Å². The third-order valence-corrected chi connectivity index (χ3v) is 10.6. The lowest BCUT2D eigenvalue weighted by atomic mass is 10.1. The molecule has 14 heteroatoms. The maximum atomic E-state index is 14.2. The Balaban J connectivity index is 1.59. The molecule has 0 aliphatic carbocycles. The molecule has 1 saturated heterocycles. The van der Waals surface area contributed by atoms with Crippen molar-refractivity contribution in [3.63, 3.8) is 0 Å². The zero-order valence-electron chi connectivity index (χ0n) is 25.7. The fraction of sp³-hybridized carbons (Fsp3) is 0.375. The van der Waals surface area contributed by atoms with Crippen LogP contribution in [0.5, 0.6) is 5.75 Å². The molecule has 1 heterocycles. The molecule has 0 saturated carbocycles. The van der Waals surface area contributed by atoms with Crippen molar-refractivity contribution in [1.82, 2.24) is 15.1 Å². The van der Waals surface area contributed by atoms with Gasteiger partial charge in [0.15, 0.2) is 15.1 Å². The number of nitrogens with one attached hydrogen (secondary N) is 2. The Morgan fingerprint density at radius 1 is 0.891 bits per heavy atom. The molecule has 1 aliphatic rings. The Kier molecular flexibility index (Phi) is 12.4. The van der Waals surface area contributed by atoms with Crippen LogP contribution >= 0.6 is 0 Å². The maximum Gasteiger partial charge on any atom is 0.317 e. The first kappa shape index (κ1) is 34.7. The average molecular weight is 673 g/mol. The molecule has 0 bridgehead atoms. The molecule has 0 spiro atoms. The minimum atomic E-state index is -4.22. The second kappa shape index (κ2) is 16.4. The molecule has 0 aromatic heterocycles. The molecule has 1 aliphatic heterocycles. The molecule has 248 valence electrons. The van der Waals surface area contributed by atoms with Crippen molar-refractivity contribution < 1.29 is 35.9 Å². The first-order chi connectivity index (χ1) is 22.1. The highest BCUT2D eigenvalue weighted by atomic mass is 32.2. The number of anilines is 1. The fourth-order valence-corrected chi connectivity index (χ4v) is 7.85. The SMILES string of the molecule is COc1ccc(NS(=O)(=O)CN(CCCc2ccccc2)C(=O)C(CNC(=O)N2CCOCC2)S(=O)(=O)Cc2ccccc2)cc1. The first-order valence-electron chi connectivity index (χ1n) is 14.9. The fourth-order valence-electron chi connectivity index (χ4n) is 4.97. The van der Waals surface area contributed by atoms with Gasteiger partial charge in [-0.3, -0.25) is 9.52 Å². The molecule has 1 fully saturated rings. The summed E-state index contributed by atoms with van der Waals surface area (Å²) in [7, 11) is -6.90. The summed E-state index contributed by atoms with van der Waals surface area (Å²) >= 11 is 0. The Hall–Kier alpha value is -4.14. The standard InChI is InChI=1S/C32H40N4O8S2/c1-43-29-16-14-28(15-17-29)34-46(41,42)25-36(18-8-13-26-9-4-2-5-10-26)31(37)30(23-33-32(38)35-19-21-44-22-20-35)45(39,40)24-27-11-6-3-7-12-27/h2-7,9-12,14-17,30,34H,8,13,18-25H2,1H3,(H,33,38). The van der Waals surface area contributed by atoms with Crippen LogP contribution in [-0.4, -0.2) is 96.2 Å². The van der Waals surface area contributed by atoms with Crippen molar-refractivity contribution >= 4 is 37.5 Å². The van der Waals surface area contributed by atoms with Gasteiger partial charge >= 0.3 is 6.03 Å². The lowest BCUT2D eigenvalue weighted by Crippen LogP contribution is -2.53. The predicted molar refractivity (Wildman–Crippen MR) is 176 cm³/mol. The van der Waals surface area contributed by atoms with Gasteiger partial charge in [-0.25, -0.2) is 21.6 Å². The van der Waals surface area contributed by atoms with Crippen molar-refractivity contribution in [3.8, 4) is 5.75 Å². The molecule has 3 amide bonds. The van der Waals surface area contributed by atoms with Crippen LogP contribution in [0, 0.1) is 0 Å². The topological polar surface area (TPSA) is 151 Å². The van der Waals surface area contributed by atoms with Crippen molar-refractivity contribution in [3.05, 3.63) is 96.1 Å². The van der Waals surface area contributed by atoms with E-state index in [4.69, 9.17) is 9.47 Å². The summed E-state index contributed by atoms with van der Waals surface area (Å²) in [6.45, 7) is 0.772. The van der Waals surface area contributed by atoms with E-state index in [0.29, 0.717) is 50.5 Å². The van der Waals surface area contributed by atoms with Gasteiger partial charge < -0.3 is 24.6 Å². The van der Waals surface area contributed by atoms with Gasteiger partial charge in [-0.2, -0.15) is 0 Å². The normalized spacial score (nSPS) is 14.2. The number of amides is 3. The number of rotatable bonds is 15. The number of sulfone groups is 1. The number of nitrogens with zero attached hydrogens (tertiary/aromatic N) is 2. The van der Waals surface area contributed by atoms with E-state index in [1.165, 1.54) is 24.1 Å². The highest BCUT2D eigenvalue weighted by Gasteiger charge is 2.38. The monoisotopic (exact) mass is 672 g/mol. The zero-order chi connectivity index (χ0) is 33.0. The van der Waals surface area contributed by atoms with Crippen LogP contribution in [0.4, 0.5) is 10.5 Å². The number of carbonyl (C=O) groups is 2. The molecule has 2 N–H and O–H groups in total. The molecule has 1 unspecified atom stereocenters. The lowest BCUT2D eigenvalue weighted by Gasteiger charge is -2.30. The molecule has 3 aromatic carbocycles. The number of ether oxygens (including phenoxy) is 2. The highest BCUT2D eigenvalue weighted by molar-refractivity contribution is 7.92. The number of urea groups is 1. The summed E-state index contributed by atoms with van der Waals surface area (Å²) < 4.78 is 67.3. The Bertz CT molecular complexity index is 1630. The van der Waals surface area contributed by atoms with E-state index in [1.807, 2.05) is 30.3 Å². The summed E-state index contributed by atoms with van der Waals surface area (Å²) in [6.07, 6.45) is 0.908. The number of aryl methyl sites for hydroxylation is 1. The molecule has 1 atom stereocenters. The van der Waals surface area contributed by atoms with Crippen LogP contribution in [0.2, 0.25) is 0 Å². The van der Waals surface area contributed by atoms with Gasteiger partial charge in [-0.1, -0.05) is 60.7 Å². The smallest absolute Gasteiger partial charge is 0.317 e. The van der Waals surface area contributed by atoms with E-state index in [0.717, 1.165) is 10.5 Å². The van der Waals surface area contributed by atoms with Gasteiger partial charge in [0, 0.05) is 31.9 Å². The van der Waals surface area contributed by atoms with Gasteiger partial charge in [-0.15, -0.1) is 0 Å². The largest absolute Gasteiger partial charge is 0.497 e. The number of sulfonamides is 1. The van der Waals surface area contributed by atoms with E-state index >= 15 is 0 Å². The quantitative estimate of drug-likeness (QED) is 0.250. The highest BCUT2D eigenvalue weighted by Crippen LogP contribution is 2.19.